The first kappa shape index (κ1) is 23.1. The van der Waals surface area contributed by atoms with Crippen LogP contribution in [0.15, 0.2) is 29.3 Å². The molecule has 0 unspecified atom stereocenters. The lowest BCUT2D eigenvalue weighted by atomic mass is 9.76. The van der Waals surface area contributed by atoms with Gasteiger partial charge in [0.1, 0.15) is 17.2 Å². The van der Waals surface area contributed by atoms with Gasteiger partial charge in [0.05, 0.1) is 12.1 Å². The van der Waals surface area contributed by atoms with Crippen molar-refractivity contribution in [3.63, 3.8) is 0 Å². The summed E-state index contributed by atoms with van der Waals surface area (Å²) in [5.41, 5.74) is 9.05. The Balaban J connectivity index is 1.24. The molecule has 1 aliphatic heterocycles. The number of tetrazole rings is 1. The van der Waals surface area contributed by atoms with Gasteiger partial charge >= 0.3 is 0 Å². The van der Waals surface area contributed by atoms with Gasteiger partial charge in [0.25, 0.3) is 0 Å². The number of ketones is 1. The number of aromatic nitrogens is 6. The van der Waals surface area contributed by atoms with Crippen molar-refractivity contribution in [1.82, 2.24) is 30.6 Å². The van der Waals surface area contributed by atoms with Crippen LogP contribution in [0, 0.1) is 12.8 Å². The topological polar surface area (TPSA) is 145 Å². The smallest absolute Gasteiger partial charge is 0.246 e. The molecule has 0 saturated heterocycles. The number of hydrogen-bond donors (Lipinski definition) is 2. The fraction of sp³-hybridized carbons (Fsp3) is 0.480. The Bertz CT molecular complexity index is 1240. The van der Waals surface area contributed by atoms with Crippen LogP contribution >= 0.6 is 0 Å². The maximum Gasteiger partial charge on any atom is 0.246 e. The number of ether oxygens (including phenoxy) is 1. The van der Waals surface area contributed by atoms with Gasteiger partial charge in [-0.25, -0.2) is 9.98 Å². The fourth-order valence-corrected chi connectivity index (χ4v) is 5.13. The largest absolute Gasteiger partial charge is 0.463 e. The molecule has 0 radical (unpaired) electrons. The van der Waals surface area contributed by atoms with E-state index in [0.717, 1.165) is 37.0 Å². The van der Waals surface area contributed by atoms with E-state index in [9.17, 15) is 4.79 Å². The first-order valence-corrected chi connectivity index (χ1v) is 12.0. The van der Waals surface area contributed by atoms with Crippen LogP contribution in [0.3, 0.4) is 0 Å². The van der Waals surface area contributed by atoms with Crippen LogP contribution in [0.2, 0.25) is 0 Å². The summed E-state index contributed by atoms with van der Waals surface area (Å²) in [7, 11) is 0. The van der Waals surface area contributed by atoms with Gasteiger partial charge in [-0.15, -0.1) is 10.2 Å². The van der Waals surface area contributed by atoms with Crippen LogP contribution in [0.25, 0.3) is 0 Å². The number of aryl methyl sites for hydroxylation is 1. The molecule has 0 amide bonds. The number of Topliss-reactive ketones (excluding diaryl/α,β-unsaturated/α-hetero) is 1. The molecule has 0 spiro atoms. The maximum absolute atomic E-state index is 12.3. The summed E-state index contributed by atoms with van der Waals surface area (Å²) >= 11 is 0. The number of rotatable bonds is 6. The highest BCUT2D eigenvalue weighted by Gasteiger charge is 2.35. The quantitative estimate of drug-likeness (QED) is 0.551. The van der Waals surface area contributed by atoms with Gasteiger partial charge in [0.2, 0.25) is 5.88 Å². The first-order chi connectivity index (χ1) is 16.8. The summed E-state index contributed by atoms with van der Waals surface area (Å²) < 4.78 is 6.17. The van der Waals surface area contributed by atoms with E-state index in [-0.39, 0.29) is 12.2 Å². The zero-order valence-corrected chi connectivity index (χ0v) is 20.3. The summed E-state index contributed by atoms with van der Waals surface area (Å²) in [5.74, 6) is 2.88. The van der Waals surface area contributed by atoms with Gasteiger partial charge in [-0.2, -0.15) is 10.2 Å². The molecule has 10 nitrogen and oxygen atoms in total. The third-order valence-electron chi connectivity index (χ3n) is 6.90. The normalized spacial score (nSPS) is 21.1. The molecular formula is C25H30N8O2. The summed E-state index contributed by atoms with van der Waals surface area (Å²) in [6.45, 7) is 5.75. The van der Waals surface area contributed by atoms with Crippen molar-refractivity contribution in [2.45, 2.75) is 70.8 Å². The number of aromatic amines is 1. The Morgan fingerprint density at radius 1 is 1.14 bits per heavy atom. The number of nitrogens with one attached hydrogen (secondary N) is 1. The number of fused-ring (bicyclic) bond motifs is 1. The average molecular weight is 475 g/mol. The van der Waals surface area contributed by atoms with Crippen molar-refractivity contribution < 1.29 is 9.53 Å². The molecule has 5 rings (SSSR count). The van der Waals surface area contributed by atoms with Crippen molar-refractivity contribution in [2.75, 3.05) is 5.73 Å². The molecule has 0 bridgehead atoms. The highest BCUT2D eigenvalue weighted by molar-refractivity contribution is 6.09. The van der Waals surface area contributed by atoms with E-state index in [1.54, 1.807) is 6.92 Å². The molecular weight excluding hydrogens is 444 g/mol. The van der Waals surface area contributed by atoms with Crippen molar-refractivity contribution in [2.24, 2.45) is 10.9 Å². The molecule has 2 aliphatic rings. The Labute approximate surface area is 203 Å². The molecule has 3 aromatic rings. The zero-order valence-electron chi connectivity index (χ0n) is 20.3. The highest BCUT2D eigenvalue weighted by atomic mass is 16.5. The fourth-order valence-electron chi connectivity index (χ4n) is 5.13. The van der Waals surface area contributed by atoms with Crippen molar-refractivity contribution in [3.05, 3.63) is 47.0 Å². The minimum absolute atomic E-state index is 0.181. The lowest BCUT2D eigenvalue weighted by Gasteiger charge is -2.32. The van der Waals surface area contributed by atoms with Crippen LogP contribution in [0.1, 0.15) is 74.6 Å². The van der Waals surface area contributed by atoms with Gasteiger partial charge < -0.3 is 10.5 Å². The molecule has 10 heteroatoms. The highest BCUT2D eigenvalue weighted by Crippen LogP contribution is 2.40. The first-order valence-electron chi connectivity index (χ1n) is 12.0. The minimum atomic E-state index is -0.645. The molecule has 2 aromatic heterocycles. The number of nitrogens with two attached hydrogens (primary N) is 1. The van der Waals surface area contributed by atoms with Gasteiger partial charge in [-0.3, -0.25) is 4.79 Å². The minimum Gasteiger partial charge on any atom is -0.463 e. The van der Waals surface area contributed by atoms with E-state index in [4.69, 9.17) is 15.5 Å². The van der Waals surface area contributed by atoms with Crippen molar-refractivity contribution in [3.8, 4) is 5.88 Å². The molecule has 1 fully saturated rings. The molecule has 1 aromatic carbocycles. The summed E-state index contributed by atoms with van der Waals surface area (Å²) in [5, 5.41) is 13.7. The van der Waals surface area contributed by atoms with Gasteiger partial charge in [0, 0.05) is 12.0 Å². The number of benzene rings is 1. The number of hydrogen-bond acceptors (Lipinski definition) is 9. The van der Waals surface area contributed by atoms with E-state index < -0.39 is 5.60 Å². The maximum atomic E-state index is 12.3. The number of nitrogens with zero attached hydrogens (tertiary/aromatic N) is 6. The van der Waals surface area contributed by atoms with E-state index in [2.05, 4.69) is 54.9 Å². The molecule has 182 valence electrons. The van der Waals surface area contributed by atoms with Gasteiger partial charge in [-0.05, 0) is 63.9 Å². The standard InChI is InChI=1S/C25H30N8O2/c1-14-27-23(26)21-24(28-14)35-25(2,3)22(29-21)18-10-8-17(9-11-18)16-6-4-15(5-7-16)12-19(34)13-20-30-32-33-31-20/h8-11,15-16H,4-7,12-13H2,1-3H3,(H2,26,27,28)(H,30,31,32,33)/t15-,16-. The van der Waals surface area contributed by atoms with Crippen LogP contribution in [-0.2, 0) is 11.2 Å². The number of anilines is 1. The Hall–Kier alpha value is -3.69. The molecule has 1 saturated carbocycles. The van der Waals surface area contributed by atoms with Crippen LogP contribution < -0.4 is 10.5 Å². The summed E-state index contributed by atoms with van der Waals surface area (Å²) in [6, 6.07) is 8.59. The van der Waals surface area contributed by atoms with E-state index in [1.807, 2.05) is 13.8 Å². The monoisotopic (exact) mass is 474 g/mol. The second kappa shape index (κ2) is 9.16. The summed E-state index contributed by atoms with van der Waals surface area (Å²) in [6.07, 6.45) is 5.10. The molecule has 0 atom stereocenters. The van der Waals surface area contributed by atoms with Crippen LogP contribution in [0.4, 0.5) is 11.5 Å². The Morgan fingerprint density at radius 2 is 1.89 bits per heavy atom. The van der Waals surface area contributed by atoms with Crippen LogP contribution in [-0.4, -0.2) is 47.7 Å². The molecule has 3 heterocycles. The van der Waals surface area contributed by atoms with E-state index in [1.165, 1.54) is 5.56 Å². The Kier molecular flexibility index (Phi) is 6.04. The second-order valence-electron chi connectivity index (χ2n) is 9.97. The summed E-state index contributed by atoms with van der Waals surface area (Å²) in [4.78, 5) is 25.7. The van der Waals surface area contributed by atoms with E-state index in [0.29, 0.717) is 47.3 Å². The third kappa shape index (κ3) is 4.91. The van der Waals surface area contributed by atoms with Crippen molar-refractivity contribution in [1.29, 1.82) is 0 Å². The lowest BCUT2D eigenvalue weighted by molar-refractivity contribution is -0.119. The number of carbonyl (C=O) groups is 1. The van der Waals surface area contributed by atoms with Crippen LogP contribution in [0.5, 0.6) is 5.88 Å². The SMILES string of the molecule is Cc1nc(N)c2c(n1)OC(C)(C)C(c1ccc([C@H]3CC[C@H](CC(=O)Cc4nn[nH]n4)CC3)cc1)=N2. The molecule has 3 N–H and O–H groups in total. The number of aliphatic imine (C=N–C) groups is 1. The van der Waals surface area contributed by atoms with Gasteiger partial charge in [0.15, 0.2) is 17.3 Å². The second-order valence-corrected chi connectivity index (χ2v) is 9.97. The average Bonchev–Trinajstić information content (AvgIpc) is 3.31. The lowest BCUT2D eigenvalue weighted by Crippen LogP contribution is -2.41. The van der Waals surface area contributed by atoms with E-state index >= 15 is 0 Å². The third-order valence-corrected chi connectivity index (χ3v) is 6.90. The predicted octanol–water partition coefficient (Wildman–Crippen LogP) is 3.65. The zero-order chi connectivity index (χ0) is 24.6. The van der Waals surface area contributed by atoms with Crippen molar-refractivity contribution >= 4 is 23.0 Å². The number of carbonyl (C=O) groups excluding carboxylic acids is 1. The predicted molar refractivity (Wildman–Crippen MR) is 131 cm³/mol. The number of nitrogen functional groups attached to an aromatic ring is 1. The molecule has 35 heavy (non-hydrogen) atoms. The number of H-pyrrole nitrogens is 1. The Morgan fingerprint density at radius 3 is 2.57 bits per heavy atom. The molecule has 1 aliphatic carbocycles. The van der Waals surface area contributed by atoms with Gasteiger partial charge in [-0.1, -0.05) is 29.5 Å².